The van der Waals surface area contributed by atoms with Gasteiger partial charge in [0.15, 0.2) is 0 Å². The Kier molecular flexibility index (Phi) is 7.52. The molecule has 0 bridgehead atoms. The van der Waals surface area contributed by atoms with Gasteiger partial charge in [0, 0.05) is 28.3 Å². The van der Waals surface area contributed by atoms with Crippen molar-refractivity contribution in [2.24, 2.45) is 0 Å². The van der Waals surface area contributed by atoms with E-state index < -0.39 is 0 Å². The van der Waals surface area contributed by atoms with Crippen molar-refractivity contribution in [3.05, 3.63) is 107 Å². The van der Waals surface area contributed by atoms with E-state index in [0.717, 1.165) is 33.9 Å². The van der Waals surface area contributed by atoms with Crippen LogP contribution in [0.25, 0.3) is 33.5 Å². The molecule has 5 aromatic rings. The molecule has 38 heavy (non-hydrogen) atoms. The Hall–Kier alpha value is -4.42. The molecule has 1 aromatic heterocycles. The van der Waals surface area contributed by atoms with E-state index in [1.54, 1.807) is 26.4 Å². The van der Waals surface area contributed by atoms with Crippen molar-refractivity contribution in [1.29, 1.82) is 0 Å². The van der Waals surface area contributed by atoms with Crippen LogP contribution in [0.5, 0.6) is 11.5 Å². The lowest BCUT2D eigenvalue weighted by molar-refractivity contribution is 0.0954. The van der Waals surface area contributed by atoms with Gasteiger partial charge >= 0.3 is 0 Å². The van der Waals surface area contributed by atoms with E-state index in [9.17, 15) is 4.79 Å². The summed E-state index contributed by atoms with van der Waals surface area (Å²) >= 11 is 5.95. The molecule has 0 aliphatic carbocycles. The standard InChI is InChI=1S/C31H26ClN3O3/c1-37-25-12-5-21(6-13-25)29-30(22-7-14-26(38-2)15-8-22)35-28-19-23(9-16-27(28)34-29)31(36)33-18-17-20-3-10-24(32)11-4-20/h3-16,19H,17-18H2,1-2H3,(H,33,36). The maximum atomic E-state index is 12.9. The van der Waals surface area contributed by atoms with Crippen LogP contribution in [-0.2, 0) is 6.42 Å². The molecule has 0 unspecified atom stereocenters. The average Bonchev–Trinajstić information content (AvgIpc) is 2.97. The molecule has 5 rings (SSSR count). The summed E-state index contributed by atoms with van der Waals surface area (Å²) in [4.78, 5) is 22.8. The van der Waals surface area contributed by atoms with Crippen LogP contribution in [0.3, 0.4) is 0 Å². The summed E-state index contributed by atoms with van der Waals surface area (Å²) < 4.78 is 10.6. The van der Waals surface area contributed by atoms with E-state index >= 15 is 0 Å². The smallest absolute Gasteiger partial charge is 0.251 e. The van der Waals surface area contributed by atoms with Crippen molar-refractivity contribution >= 4 is 28.5 Å². The molecule has 0 fully saturated rings. The number of hydrogen-bond donors (Lipinski definition) is 1. The number of benzene rings is 4. The molecule has 0 radical (unpaired) electrons. The predicted octanol–water partition coefficient (Wildman–Crippen LogP) is 6.61. The lowest BCUT2D eigenvalue weighted by Gasteiger charge is -2.12. The number of aromatic nitrogens is 2. The van der Waals surface area contributed by atoms with Crippen LogP contribution >= 0.6 is 11.6 Å². The van der Waals surface area contributed by atoms with E-state index in [-0.39, 0.29) is 5.91 Å². The van der Waals surface area contributed by atoms with Gasteiger partial charge in [-0.25, -0.2) is 9.97 Å². The van der Waals surface area contributed by atoms with Crippen LogP contribution in [0.15, 0.2) is 91.0 Å². The molecule has 1 heterocycles. The minimum absolute atomic E-state index is 0.159. The summed E-state index contributed by atoms with van der Waals surface area (Å²) in [6.45, 7) is 0.512. The Labute approximate surface area is 226 Å². The van der Waals surface area contributed by atoms with Crippen molar-refractivity contribution in [3.8, 4) is 34.0 Å². The van der Waals surface area contributed by atoms with Crippen LogP contribution in [0.2, 0.25) is 5.02 Å². The number of carbonyl (C=O) groups excluding carboxylic acids is 1. The van der Waals surface area contributed by atoms with E-state index in [2.05, 4.69) is 5.32 Å². The normalized spacial score (nSPS) is 10.8. The molecule has 0 aliphatic rings. The number of methoxy groups -OCH3 is 2. The first kappa shape index (κ1) is 25.2. The molecule has 0 saturated heterocycles. The van der Waals surface area contributed by atoms with Crippen LogP contribution in [0, 0.1) is 0 Å². The Morgan fingerprint density at radius 2 is 1.29 bits per heavy atom. The summed E-state index contributed by atoms with van der Waals surface area (Å²) in [5, 5.41) is 3.68. The molecule has 6 nitrogen and oxygen atoms in total. The lowest BCUT2D eigenvalue weighted by Crippen LogP contribution is -2.25. The molecule has 190 valence electrons. The number of carbonyl (C=O) groups is 1. The quantitative estimate of drug-likeness (QED) is 0.248. The largest absolute Gasteiger partial charge is 0.497 e. The molecule has 1 amide bonds. The van der Waals surface area contributed by atoms with Crippen molar-refractivity contribution in [2.75, 3.05) is 20.8 Å². The fourth-order valence-electron chi connectivity index (χ4n) is 4.17. The van der Waals surface area contributed by atoms with E-state index in [1.807, 2.05) is 78.9 Å². The molecule has 7 heteroatoms. The van der Waals surface area contributed by atoms with Gasteiger partial charge in [0.05, 0.1) is 36.6 Å². The number of fused-ring (bicyclic) bond motifs is 1. The SMILES string of the molecule is COc1ccc(-c2nc3ccc(C(=O)NCCc4ccc(Cl)cc4)cc3nc2-c2ccc(OC)cc2)cc1. The van der Waals surface area contributed by atoms with Crippen molar-refractivity contribution in [1.82, 2.24) is 15.3 Å². The van der Waals surface area contributed by atoms with Crippen LogP contribution < -0.4 is 14.8 Å². The van der Waals surface area contributed by atoms with Gasteiger partial charge in [-0.05, 0) is 90.8 Å². The van der Waals surface area contributed by atoms with Crippen molar-refractivity contribution < 1.29 is 14.3 Å². The fourth-order valence-corrected chi connectivity index (χ4v) is 4.30. The highest BCUT2D eigenvalue weighted by Crippen LogP contribution is 2.33. The second kappa shape index (κ2) is 11.3. The maximum absolute atomic E-state index is 12.9. The Bertz CT molecular complexity index is 1570. The van der Waals surface area contributed by atoms with Crippen LogP contribution in [0.4, 0.5) is 0 Å². The predicted molar refractivity (Wildman–Crippen MR) is 151 cm³/mol. The number of ether oxygens (including phenoxy) is 2. The first-order valence-electron chi connectivity index (χ1n) is 12.2. The lowest BCUT2D eigenvalue weighted by atomic mass is 10.0. The van der Waals surface area contributed by atoms with Gasteiger partial charge in [0.1, 0.15) is 11.5 Å². The fraction of sp³-hybridized carbons (Fsp3) is 0.129. The Morgan fingerprint density at radius 3 is 1.84 bits per heavy atom. The minimum atomic E-state index is -0.159. The molecule has 0 saturated carbocycles. The minimum Gasteiger partial charge on any atom is -0.497 e. The molecule has 0 spiro atoms. The molecule has 4 aromatic carbocycles. The maximum Gasteiger partial charge on any atom is 0.251 e. The van der Waals surface area contributed by atoms with Gasteiger partial charge in [-0.1, -0.05) is 23.7 Å². The summed E-state index contributed by atoms with van der Waals surface area (Å²) in [6.07, 6.45) is 0.711. The second-order valence-corrected chi connectivity index (χ2v) is 9.15. The Balaban J connectivity index is 1.46. The summed E-state index contributed by atoms with van der Waals surface area (Å²) in [5.41, 5.74) is 6.23. The van der Waals surface area contributed by atoms with E-state index in [0.29, 0.717) is 40.3 Å². The van der Waals surface area contributed by atoms with Crippen LogP contribution in [0.1, 0.15) is 15.9 Å². The van der Waals surface area contributed by atoms with Crippen LogP contribution in [-0.4, -0.2) is 36.6 Å². The first-order chi connectivity index (χ1) is 18.5. The highest BCUT2D eigenvalue weighted by molar-refractivity contribution is 6.30. The molecule has 0 aliphatic heterocycles. The summed E-state index contributed by atoms with van der Waals surface area (Å²) in [7, 11) is 3.27. The third-order valence-electron chi connectivity index (χ3n) is 6.27. The zero-order chi connectivity index (χ0) is 26.5. The summed E-state index contributed by atoms with van der Waals surface area (Å²) in [6, 6.07) is 28.4. The van der Waals surface area contributed by atoms with E-state index in [4.69, 9.17) is 31.0 Å². The average molecular weight is 524 g/mol. The topological polar surface area (TPSA) is 73.3 Å². The zero-order valence-corrected chi connectivity index (χ0v) is 21.8. The number of rotatable bonds is 8. The molecular weight excluding hydrogens is 498 g/mol. The van der Waals surface area contributed by atoms with Crippen molar-refractivity contribution in [2.45, 2.75) is 6.42 Å². The third-order valence-corrected chi connectivity index (χ3v) is 6.52. The van der Waals surface area contributed by atoms with Gasteiger partial charge in [-0.3, -0.25) is 4.79 Å². The number of nitrogens with one attached hydrogen (secondary N) is 1. The van der Waals surface area contributed by atoms with Gasteiger partial charge in [-0.2, -0.15) is 0 Å². The third kappa shape index (κ3) is 5.61. The van der Waals surface area contributed by atoms with Gasteiger partial charge in [-0.15, -0.1) is 0 Å². The molecule has 1 N–H and O–H groups in total. The number of amides is 1. The van der Waals surface area contributed by atoms with Gasteiger partial charge in [0.25, 0.3) is 5.91 Å². The first-order valence-corrected chi connectivity index (χ1v) is 12.5. The highest BCUT2D eigenvalue weighted by atomic mass is 35.5. The number of hydrogen-bond acceptors (Lipinski definition) is 5. The zero-order valence-electron chi connectivity index (χ0n) is 21.1. The highest BCUT2D eigenvalue weighted by Gasteiger charge is 2.15. The van der Waals surface area contributed by atoms with E-state index in [1.165, 1.54) is 0 Å². The second-order valence-electron chi connectivity index (χ2n) is 8.71. The van der Waals surface area contributed by atoms with Gasteiger partial charge < -0.3 is 14.8 Å². The summed E-state index contributed by atoms with van der Waals surface area (Å²) in [5.74, 6) is 1.36. The Morgan fingerprint density at radius 1 is 0.737 bits per heavy atom. The monoisotopic (exact) mass is 523 g/mol. The molecular formula is C31H26ClN3O3. The van der Waals surface area contributed by atoms with Gasteiger partial charge in [0.2, 0.25) is 0 Å². The van der Waals surface area contributed by atoms with Crippen molar-refractivity contribution in [3.63, 3.8) is 0 Å². The number of halogens is 1. The molecule has 0 atom stereocenters. The number of nitrogens with zero attached hydrogens (tertiary/aromatic N) is 2.